The third kappa shape index (κ3) is 7.92. The molecular formula is C24H23F9N2O3. The van der Waals surface area contributed by atoms with Gasteiger partial charge in [-0.15, -0.1) is 0 Å². The van der Waals surface area contributed by atoms with E-state index in [9.17, 15) is 44.3 Å². The summed E-state index contributed by atoms with van der Waals surface area (Å²) in [4.78, 5) is 11.6. The number of nitrogens with one attached hydrogen (secondary N) is 1. The van der Waals surface area contributed by atoms with Crippen LogP contribution < -0.4 is 14.8 Å². The number of hydrogen-bond donors (Lipinski definition) is 1. The molecule has 1 N–H and O–H groups in total. The Labute approximate surface area is 211 Å². The lowest BCUT2D eigenvalue weighted by Crippen LogP contribution is -2.40. The number of para-hydroxylation sites is 2. The van der Waals surface area contributed by atoms with Crippen molar-refractivity contribution in [3.63, 3.8) is 0 Å². The summed E-state index contributed by atoms with van der Waals surface area (Å²) in [6, 6.07) is 9.75. The molecule has 0 aliphatic carbocycles. The van der Waals surface area contributed by atoms with E-state index in [4.69, 9.17) is 9.47 Å². The van der Waals surface area contributed by atoms with E-state index in [-0.39, 0.29) is 24.8 Å². The summed E-state index contributed by atoms with van der Waals surface area (Å²) in [6.07, 6.45) is -14.3. The van der Waals surface area contributed by atoms with Gasteiger partial charge in [-0.05, 0) is 37.2 Å². The molecule has 2 aromatic rings. The van der Waals surface area contributed by atoms with Crippen LogP contribution in [-0.2, 0) is 17.1 Å². The van der Waals surface area contributed by atoms with Crippen molar-refractivity contribution in [2.45, 2.75) is 43.6 Å². The maximum absolute atomic E-state index is 12.8. The standard InChI is InChI=1S/C13H11F6NO2.C11H12F3NO/c14-12(15,16)9-3-1-2-4-10(9)22-8-5-6-20(7-8)11(21)13(17,18)19;12-11(13,14)9-3-1-2-4-10(9)16-8-5-6-15-7-8/h1-4,8H,5-7H2;1-4,8,15H,5-7H2/t2*8-/m00/s1. The fourth-order valence-corrected chi connectivity index (χ4v) is 3.88. The molecule has 0 spiro atoms. The number of carbonyl (C=O) groups is 1. The van der Waals surface area contributed by atoms with Crippen molar-refractivity contribution < 1.29 is 53.8 Å². The van der Waals surface area contributed by atoms with Crippen molar-refractivity contribution in [1.29, 1.82) is 0 Å². The molecule has 0 saturated carbocycles. The number of amides is 1. The fraction of sp³-hybridized carbons (Fsp3) is 0.458. The Kier molecular flexibility index (Phi) is 9.05. The molecule has 2 fully saturated rings. The zero-order valence-electron chi connectivity index (χ0n) is 19.6. The van der Waals surface area contributed by atoms with E-state index in [0.717, 1.165) is 31.2 Å². The lowest BCUT2D eigenvalue weighted by Gasteiger charge is -2.20. The minimum absolute atomic E-state index is 0.0357. The molecule has 2 atom stereocenters. The molecule has 2 aliphatic rings. The number of nitrogens with zero attached hydrogens (tertiary/aromatic N) is 1. The van der Waals surface area contributed by atoms with Gasteiger partial charge in [0.05, 0.1) is 17.7 Å². The number of ether oxygens (including phenoxy) is 2. The van der Waals surface area contributed by atoms with Crippen LogP contribution in [0.2, 0.25) is 0 Å². The van der Waals surface area contributed by atoms with Crippen LogP contribution in [0.5, 0.6) is 11.5 Å². The number of likely N-dealkylation sites (tertiary alicyclic amines) is 1. The maximum atomic E-state index is 12.8. The van der Waals surface area contributed by atoms with Gasteiger partial charge in [-0.1, -0.05) is 24.3 Å². The van der Waals surface area contributed by atoms with E-state index >= 15 is 0 Å². The summed E-state index contributed by atoms with van der Waals surface area (Å²) in [7, 11) is 0. The second-order valence-electron chi connectivity index (χ2n) is 8.50. The third-order valence-electron chi connectivity index (χ3n) is 5.66. The molecule has 0 radical (unpaired) electrons. The van der Waals surface area contributed by atoms with Gasteiger partial charge in [-0.25, -0.2) is 0 Å². The number of alkyl halides is 9. The highest BCUT2D eigenvalue weighted by molar-refractivity contribution is 5.82. The van der Waals surface area contributed by atoms with E-state index in [1.807, 2.05) is 0 Å². The Hall–Kier alpha value is -3.16. The van der Waals surface area contributed by atoms with Crippen molar-refractivity contribution >= 4 is 5.91 Å². The van der Waals surface area contributed by atoms with Crippen LogP contribution in [0.4, 0.5) is 39.5 Å². The first-order valence-corrected chi connectivity index (χ1v) is 11.4. The quantitative estimate of drug-likeness (QED) is 0.490. The molecule has 0 aromatic heterocycles. The second-order valence-corrected chi connectivity index (χ2v) is 8.50. The van der Waals surface area contributed by atoms with Crippen LogP contribution in [0.25, 0.3) is 0 Å². The van der Waals surface area contributed by atoms with Crippen molar-refractivity contribution in [2.75, 3.05) is 26.2 Å². The average Bonchev–Trinajstić information content (AvgIpc) is 3.50. The van der Waals surface area contributed by atoms with E-state index in [0.29, 0.717) is 11.4 Å². The van der Waals surface area contributed by atoms with Crippen LogP contribution in [-0.4, -0.2) is 55.4 Å². The largest absolute Gasteiger partial charge is 0.488 e. The molecule has 2 heterocycles. The van der Waals surface area contributed by atoms with Crippen LogP contribution in [0.15, 0.2) is 48.5 Å². The highest BCUT2D eigenvalue weighted by atomic mass is 19.4. The molecule has 0 bridgehead atoms. The molecule has 5 nitrogen and oxygen atoms in total. The van der Waals surface area contributed by atoms with Crippen LogP contribution in [0, 0.1) is 0 Å². The van der Waals surface area contributed by atoms with Crippen molar-refractivity contribution in [2.24, 2.45) is 0 Å². The highest BCUT2D eigenvalue weighted by Gasteiger charge is 2.45. The van der Waals surface area contributed by atoms with Gasteiger partial charge >= 0.3 is 24.4 Å². The van der Waals surface area contributed by atoms with E-state index in [1.54, 1.807) is 6.07 Å². The topological polar surface area (TPSA) is 50.8 Å². The minimum Gasteiger partial charge on any atom is -0.488 e. The van der Waals surface area contributed by atoms with Crippen LogP contribution in [0.1, 0.15) is 24.0 Å². The molecule has 4 rings (SSSR count). The molecule has 38 heavy (non-hydrogen) atoms. The summed E-state index contributed by atoms with van der Waals surface area (Å²) in [5, 5.41) is 3.04. The summed E-state index contributed by atoms with van der Waals surface area (Å²) >= 11 is 0. The lowest BCUT2D eigenvalue weighted by atomic mass is 10.2. The van der Waals surface area contributed by atoms with Gasteiger partial charge in [0.25, 0.3) is 0 Å². The third-order valence-corrected chi connectivity index (χ3v) is 5.66. The number of rotatable bonds is 4. The van der Waals surface area contributed by atoms with Crippen LogP contribution in [0.3, 0.4) is 0 Å². The molecule has 2 aliphatic heterocycles. The van der Waals surface area contributed by atoms with Gasteiger partial charge in [0, 0.05) is 19.5 Å². The van der Waals surface area contributed by atoms with Crippen molar-refractivity contribution in [3.05, 3.63) is 59.7 Å². The van der Waals surface area contributed by atoms with E-state index < -0.39 is 54.0 Å². The Morgan fingerprint density at radius 1 is 0.763 bits per heavy atom. The molecule has 210 valence electrons. The second kappa shape index (κ2) is 11.7. The average molecular weight is 558 g/mol. The zero-order valence-corrected chi connectivity index (χ0v) is 19.6. The predicted octanol–water partition coefficient (Wildman–Crippen LogP) is 5.69. The normalized spacial score (nSPS) is 20.1. The predicted molar refractivity (Wildman–Crippen MR) is 116 cm³/mol. The molecule has 1 amide bonds. The number of halogens is 9. The first-order chi connectivity index (χ1) is 17.7. The number of benzene rings is 2. The summed E-state index contributed by atoms with van der Waals surface area (Å²) < 4.78 is 124. The molecule has 0 unspecified atom stereocenters. The maximum Gasteiger partial charge on any atom is 0.471 e. The van der Waals surface area contributed by atoms with Crippen molar-refractivity contribution in [1.82, 2.24) is 10.2 Å². The summed E-state index contributed by atoms with van der Waals surface area (Å²) in [6.45, 7) is 0.784. The Morgan fingerprint density at radius 3 is 1.71 bits per heavy atom. The highest BCUT2D eigenvalue weighted by Crippen LogP contribution is 2.38. The monoisotopic (exact) mass is 558 g/mol. The first-order valence-electron chi connectivity index (χ1n) is 11.4. The molecular weight excluding hydrogens is 535 g/mol. The summed E-state index contributed by atoms with van der Waals surface area (Å²) in [5.41, 5.74) is -1.71. The first kappa shape index (κ1) is 29.4. The molecule has 2 aromatic carbocycles. The Bertz CT molecular complexity index is 1080. The van der Waals surface area contributed by atoms with E-state index in [1.165, 1.54) is 24.3 Å². The van der Waals surface area contributed by atoms with Crippen molar-refractivity contribution in [3.8, 4) is 11.5 Å². The van der Waals surface area contributed by atoms with Crippen LogP contribution >= 0.6 is 0 Å². The Balaban J connectivity index is 0.000000221. The summed E-state index contributed by atoms with van der Waals surface area (Å²) in [5.74, 6) is -2.55. The minimum atomic E-state index is -5.00. The SMILES string of the molecule is FC(F)(F)c1ccccc1O[C@H]1CCNC1.O=C(N1CC[C@H](Oc2ccccc2C(F)(F)F)C1)C(F)(F)F. The number of carbonyl (C=O) groups excluding carboxylic acids is 1. The number of hydrogen-bond acceptors (Lipinski definition) is 4. The lowest BCUT2D eigenvalue weighted by molar-refractivity contribution is -0.184. The van der Waals surface area contributed by atoms with Gasteiger partial charge in [-0.2, -0.15) is 39.5 Å². The Morgan fingerprint density at radius 2 is 1.26 bits per heavy atom. The zero-order chi connectivity index (χ0) is 28.1. The van der Waals surface area contributed by atoms with Gasteiger partial charge in [0.2, 0.25) is 0 Å². The molecule has 2 saturated heterocycles. The van der Waals surface area contributed by atoms with E-state index in [2.05, 4.69) is 5.32 Å². The van der Waals surface area contributed by atoms with Gasteiger partial charge in [0.1, 0.15) is 23.7 Å². The van der Waals surface area contributed by atoms with Gasteiger partial charge in [0.15, 0.2) is 0 Å². The van der Waals surface area contributed by atoms with Gasteiger partial charge < -0.3 is 19.7 Å². The molecule has 14 heteroatoms. The smallest absolute Gasteiger partial charge is 0.471 e. The fourth-order valence-electron chi connectivity index (χ4n) is 3.88. The van der Waals surface area contributed by atoms with Gasteiger partial charge in [-0.3, -0.25) is 4.79 Å².